The van der Waals surface area contributed by atoms with Gasteiger partial charge in [-0.1, -0.05) is 19.1 Å². The number of methoxy groups -OCH3 is 1. The minimum absolute atomic E-state index is 0.0446. The molecule has 2 aromatic rings. The lowest BCUT2D eigenvalue weighted by molar-refractivity contribution is -0.124. The number of hydrogen-bond donors (Lipinski definition) is 2. The summed E-state index contributed by atoms with van der Waals surface area (Å²) in [6.45, 7) is 1.78. The number of ether oxygens (including phenoxy) is 2. The van der Waals surface area contributed by atoms with Gasteiger partial charge in [-0.2, -0.15) is 0 Å². The van der Waals surface area contributed by atoms with Crippen LogP contribution in [0.1, 0.15) is 22.8 Å². The fraction of sp³-hybridized carbons (Fsp3) is 0.263. The number of carbonyl (C=O) groups excluding carboxylic acids is 2. The second-order valence-corrected chi connectivity index (χ2v) is 7.49. The summed E-state index contributed by atoms with van der Waals surface area (Å²) in [7, 11) is -2.02. The zero-order chi connectivity index (χ0) is 20.6. The third-order valence-corrected chi connectivity index (χ3v) is 5.28. The largest absolute Gasteiger partial charge is 0.497 e. The van der Waals surface area contributed by atoms with Gasteiger partial charge in [-0.3, -0.25) is 4.79 Å². The molecule has 0 aliphatic heterocycles. The van der Waals surface area contributed by atoms with Gasteiger partial charge < -0.3 is 14.8 Å². The molecule has 0 aromatic heterocycles. The van der Waals surface area contributed by atoms with Crippen LogP contribution in [0, 0.1) is 0 Å². The molecule has 0 radical (unpaired) electrons. The molecular weight excluding hydrogens is 384 g/mol. The van der Waals surface area contributed by atoms with E-state index in [2.05, 4.69) is 10.0 Å². The third kappa shape index (κ3) is 6.07. The van der Waals surface area contributed by atoms with Crippen LogP contribution in [0.4, 0.5) is 0 Å². The Hall–Kier alpha value is -2.91. The van der Waals surface area contributed by atoms with Gasteiger partial charge in [0.25, 0.3) is 5.91 Å². The van der Waals surface area contributed by atoms with Crippen molar-refractivity contribution in [1.82, 2.24) is 10.0 Å². The topological polar surface area (TPSA) is 111 Å². The van der Waals surface area contributed by atoms with Crippen LogP contribution in [0.3, 0.4) is 0 Å². The smallest absolute Gasteiger partial charge is 0.338 e. The van der Waals surface area contributed by atoms with Crippen LogP contribution in [-0.4, -0.2) is 40.6 Å². The van der Waals surface area contributed by atoms with Crippen molar-refractivity contribution >= 4 is 21.9 Å². The molecule has 2 N–H and O–H groups in total. The standard InChI is InChI=1S/C19H22N2O6S/c1-3-21-28(24,25)17-10-6-15(7-11-17)19(23)27-13-18(22)20-12-14-4-8-16(26-2)9-5-14/h4-11,21H,3,12-13H2,1-2H3,(H,20,22). The molecule has 0 saturated heterocycles. The molecule has 2 aromatic carbocycles. The van der Waals surface area contributed by atoms with Crippen molar-refractivity contribution in [3.63, 3.8) is 0 Å². The van der Waals surface area contributed by atoms with E-state index in [-0.39, 0.29) is 23.5 Å². The predicted molar refractivity (Wildman–Crippen MR) is 102 cm³/mol. The Balaban J connectivity index is 1.83. The maximum absolute atomic E-state index is 12.0. The second kappa shape index (κ2) is 9.86. The Morgan fingerprint density at radius 1 is 1.00 bits per heavy atom. The highest BCUT2D eigenvalue weighted by Gasteiger charge is 2.15. The van der Waals surface area contributed by atoms with Gasteiger partial charge in [-0.15, -0.1) is 0 Å². The van der Waals surface area contributed by atoms with Crippen LogP contribution in [0.2, 0.25) is 0 Å². The first-order valence-corrected chi connectivity index (χ1v) is 10.0. The molecule has 0 fully saturated rings. The average Bonchev–Trinajstić information content (AvgIpc) is 2.71. The number of hydrogen-bond acceptors (Lipinski definition) is 6. The molecule has 0 aliphatic carbocycles. The van der Waals surface area contributed by atoms with Crippen molar-refractivity contribution in [2.75, 3.05) is 20.3 Å². The molecule has 0 bridgehead atoms. The van der Waals surface area contributed by atoms with Crippen molar-refractivity contribution in [2.45, 2.75) is 18.4 Å². The quantitative estimate of drug-likeness (QED) is 0.610. The van der Waals surface area contributed by atoms with Gasteiger partial charge in [0.15, 0.2) is 6.61 Å². The first kappa shape index (κ1) is 21.4. The summed E-state index contributed by atoms with van der Waals surface area (Å²) >= 11 is 0. The van der Waals surface area contributed by atoms with Crippen molar-refractivity contribution in [3.8, 4) is 5.75 Å². The minimum atomic E-state index is -3.59. The van der Waals surface area contributed by atoms with E-state index in [1.807, 2.05) is 12.1 Å². The van der Waals surface area contributed by atoms with Crippen LogP contribution >= 0.6 is 0 Å². The van der Waals surface area contributed by atoms with E-state index in [0.29, 0.717) is 5.75 Å². The molecule has 1 amide bonds. The number of amides is 1. The SMILES string of the molecule is CCNS(=O)(=O)c1ccc(C(=O)OCC(=O)NCc2ccc(OC)cc2)cc1. The molecule has 0 heterocycles. The van der Waals surface area contributed by atoms with Crippen molar-refractivity contribution in [3.05, 3.63) is 59.7 Å². The summed E-state index contributed by atoms with van der Waals surface area (Å²) in [5.41, 5.74) is 1.02. The Morgan fingerprint density at radius 3 is 2.21 bits per heavy atom. The molecule has 0 atom stereocenters. The Morgan fingerprint density at radius 2 is 1.64 bits per heavy atom. The fourth-order valence-corrected chi connectivity index (χ4v) is 3.29. The summed E-state index contributed by atoms with van der Waals surface area (Å²) in [5.74, 6) is -0.448. The number of rotatable bonds is 9. The molecule has 9 heteroatoms. The second-order valence-electron chi connectivity index (χ2n) is 5.73. The van der Waals surface area contributed by atoms with Gasteiger partial charge in [0.05, 0.1) is 17.6 Å². The van der Waals surface area contributed by atoms with Crippen LogP contribution in [-0.2, 0) is 26.1 Å². The molecule has 8 nitrogen and oxygen atoms in total. The summed E-state index contributed by atoms with van der Waals surface area (Å²) in [5, 5.41) is 2.64. The number of carbonyl (C=O) groups is 2. The van der Waals surface area contributed by atoms with Gasteiger partial charge in [0.2, 0.25) is 10.0 Å². The molecule has 150 valence electrons. The average molecular weight is 406 g/mol. The van der Waals surface area contributed by atoms with Gasteiger partial charge in [0, 0.05) is 13.1 Å². The summed E-state index contributed by atoms with van der Waals surface area (Å²) in [6, 6.07) is 12.5. The Bertz CT molecular complexity index is 908. The first-order chi connectivity index (χ1) is 13.4. The molecular formula is C19H22N2O6S. The van der Waals surface area contributed by atoms with Gasteiger partial charge >= 0.3 is 5.97 Å². The van der Waals surface area contributed by atoms with Crippen LogP contribution in [0.15, 0.2) is 53.4 Å². The third-order valence-electron chi connectivity index (χ3n) is 3.72. The zero-order valence-corrected chi connectivity index (χ0v) is 16.4. The lowest BCUT2D eigenvalue weighted by Crippen LogP contribution is -2.28. The molecule has 0 aliphatic rings. The predicted octanol–water partition coefficient (Wildman–Crippen LogP) is 1.47. The van der Waals surface area contributed by atoms with E-state index < -0.39 is 28.5 Å². The summed E-state index contributed by atoms with van der Waals surface area (Å²) in [6.07, 6.45) is 0. The normalized spacial score (nSPS) is 10.9. The van der Waals surface area contributed by atoms with E-state index in [9.17, 15) is 18.0 Å². The number of sulfonamides is 1. The Labute approximate surface area is 163 Å². The lowest BCUT2D eigenvalue weighted by atomic mass is 10.2. The fourth-order valence-electron chi connectivity index (χ4n) is 2.25. The first-order valence-electron chi connectivity index (χ1n) is 8.52. The van der Waals surface area contributed by atoms with Gasteiger partial charge in [-0.05, 0) is 42.0 Å². The van der Waals surface area contributed by atoms with Crippen molar-refractivity contribution in [1.29, 1.82) is 0 Å². The van der Waals surface area contributed by atoms with E-state index in [1.54, 1.807) is 26.2 Å². The highest BCUT2D eigenvalue weighted by atomic mass is 32.2. The van der Waals surface area contributed by atoms with Crippen LogP contribution < -0.4 is 14.8 Å². The number of benzene rings is 2. The Kier molecular flexibility index (Phi) is 7.53. The van der Waals surface area contributed by atoms with Crippen LogP contribution in [0.5, 0.6) is 5.75 Å². The number of esters is 1. The minimum Gasteiger partial charge on any atom is -0.497 e. The highest BCUT2D eigenvalue weighted by molar-refractivity contribution is 7.89. The van der Waals surface area contributed by atoms with Crippen molar-refractivity contribution < 1.29 is 27.5 Å². The monoisotopic (exact) mass is 406 g/mol. The highest BCUT2D eigenvalue weighted by Crippen LogP contribution is 2.12. The summed E-state index contributed by atoms with van der Waals surface area (Å²) < 4.78 is 36.1. The maximum atomic E-state index is 12.0. The molecule has 0 spiro atoms. The lowest BCUT2D eigenvalue weighted by Gasteiger charge is -2.08. The van der Waals surface area contributed by atoms with E-state index >= 15 is 0 Å². The molecule has 0 unspecified atom stereocenters. The van der Waals surface area contributed by atoms with E-state index in [4.69, 9.17) is 9.47 Å². The van der Waals surface area contributed by atoms with Crippen LogP contribution in [0.25, 0.3) is 0 Å². The number of nitrogens with one attached hydrogen (secondary N) is 2. The molecule has 28 heavy (non-hydrogen) atoms. The van der Waals surface area contributed by atoms with E-state index in [1.165, 1.54) is 24.3 Å². The van der Waals surface area contributed by atoms with E-state index in [0.717, 1.165) is 5.56 Å². The van der Waals surface area contributed by atoms with Gasteiger partial charge in [-0.25, -0.2) is 17.9 Å². The van der Waals surface area contributed by atoms with Gasteiger partial charge in [0.1, 0.15) is 5.75 Å². The molecule has 0 saturated carbocycles. The summed E-state index contributed by atoms with van der Waals surface area (Å²) in [4.78, 5) is 23.9. The van der Waals surface area contributed by atoms with Crippen molar-refractivity contribution in [2.24, 2.45) is 0 Å². The molecule has 2 rings (SSSR count). The zero-order valence-electron chi connectivity index (χ0n) is 15.6. The maximum Gasteiger partial charge on any atom is 0.338 e.